The topological polar surface area (TPSA) is 90.4 Å². The standard InChI is InChI=1S/C10H15N3O4/c1-10(2)7(14)4-8(10)17-9-6(13(15)16)5-12(3)11-9/h5,7-8,14H,4H2,1-3H3/i3D3. The molecule has 1 N–H and O–H groups in total. The van der Waals surface area contributed by atoms with Crippen molar-refractivity contribution < 1.29 is 18.9 Å². The molecule has 1 aromatic heterocycles. The molecule has 0 aliphatic heterocycles. The molecule has 1 aliphatic carbocycles. The first-order valence-electron chi connectivity index (χ1n) is 6.62. The van der Waals surface area contributed by atoms with E-state index >= 15 is 0 Å². The van der Waals surface area contributed by atoms with E-state index in [1.54, 1.807) is 13.8 Å². The van der Waals surface area contributed by atoms with Gasteiger partial charge in [-0.3, -0.25) is 14.8 Å². The van der Waals surface area contributed by atoms with Crippen LogP contribution in [0.4, 0.5) is 5.69 Å². The lowest BCUT2D eigenvalue weighted by Gasteiger charge is -2.47. The second-order valence-corrected chi connectivity index (χ2v) is 4.70. The quantitative estimate of drug-likeness (QED) is 0.629. The van der Waals surface area contributed by atoms with Crippen molar-refractivity contribution in [3.8, 4) is 5.88 Å². The molecule has 0 aromatic carbocycles. The van der Waals surface area contributed by atoms with E-state index in [4.69, 9.17) is 8.85 Å². The van der Waals surface area contributed by atoms with Gasteiger partial charge in [0.1, 0.15) is 12.3 Å². The summed E-state index contributed by atoms with van der Waals surface area (Å²) in [7, 11) is 0. The van der Waals surface area contributed by atoms with E-state index in [0.717, 1.165) is 6.20 Å². The highest BCUT2D eigenvalue weighted by molar-refractivity contribution is 5.38. The van der Waals surface area contributed by atoms with E-state index in [9.17, 15) is 15.2 Å². The molecule has 0 amide bonds. The Hall–Kier alpha value is -1.63. The van der Waals surface area contributed by atoms with Crippen LogP contribution in [-0.4, -0.2) is 32.0 Å². The summed E-state index contributed by atoms with van der Waals surface area (Å²) in [6, 6.07) is 0. The van der Waals surface area contributed by atoms with Gasteiger partial charge in [0.25, 0.3) is 0 Å². The molecule has 7 nitrogen and oxygen atoms in total. The third kappa shape index (κ3) is 1.86. The predicted molar refractivity (Wildman–Crippen MR) is 58.7 cm³/mol. The molecule has 2 rings (SSSR count). The first-order chi connectivity index (χ1) is 9.03. The van der Waals surface area contributed by atoms with Crippen LogP contribution >= 0.6 is 0 Å². The molecule has 0 saturated heterocycles. The average Bonchev–Trinajstić information content (AvgIpc) is 2.72. The third-order valence-electron chi connectivity index (χ3n) is 3.24. The summed E-state index contributed by atoms with van der Waals surface area (Å²) >= 11 is 0. The molecular weight excluding hydrogens is 226 g/mol. The minimum Gasteiger partial charge on any atom is -0.468 e. The van der Waals surface area contributed by atoms with Gasteiger partial charge in [0, 0.05) is 22.9 Å². The highest BCUT2D eigenvalue weighted by Crippen LogP contribution is 2.43. The molecule has 1 saturated carbocycles. The molecular formula is C10H15N3O4. The van der Waals surface area contributed by atoms with E-state index in [1.807, 2.05) is 0 Å². The first-order valence-corrected chi connectivity index (χ1v) is 5.12. The zero-order valence-electron chi connectivity index (χ0n) is 12.5. The van der Waals surface area contributed by atoms with Crippen LogP contribution in [0.1, 0.15) is 24.4 Å². The van der Waals surface area contributed by atoms with Gasteiger partial charge in [0.05, 0.1) is 11.0 Å². The molecule has 0 spiro atoms. The lowest BCUT2D eigenvalue weighted by Crippen LogP contribution is -2.56. The number of hydrogen-bond donors (Lipinski definition) is 1. The van der Waals surface area contributed by atoms with Crippen molar-refractivity contribution in [3.63, 3.8) is 0 Å². The molecule has 0 bridgehead atoms. The molecule has 1 fully saturated rings. The number of aliphatic hydroxyl groups excluding tert-OH is 1. The summed E-state index contributed by atoms with van der Waals surface area (Å²) in [4.78, 5) is 10.2. The van der Waals surface area contributed by atoms with E-state index in [2.05, 4.69) is 5.10 Å². The number of aryl methyl sites for hydroxylation is 1. The number of ether oxygens (including phenoxy) is 1. The molecule has 17 heavy (non-hydrogen) atoms. The van der Waals surface area contributed by atoms with Gasteiger partial charge in [-0.1, -0.05) is 13.8 Å². The van der Waals surface area contributed by atoms with Crippen LogP contribution in [-0.2, 0) is 6.98 Å². The zero-order chi connectivity index (χ0) is 15.3. The van der Waals surface area contributed by atoms with Crippen LogP contribution in [0.15, 0.2) is 6.20 Å². The van der Waals surface area contributed by atoms with E-state index < -0.39 is 35.2 Å². The van der Waals surface area contributed by atoms with Gasteiger partial charge >= 0.3 is 11.6 Å². The first kappa shape index (κ1) is 8.46. The summed E-state index contributed by atoms with van der Waals surface area (Å²) in [6.07, 6.45) is 0.141. The normalized spacial score (nSPS) is 29.7. The molecule has 1 aliphatic rings. The maximum atomic E-state index is 10.9. The number of nitro groups is 1. The van der Waals surface area contributed by atoms with Crippen LogP contribution < -0.4 is 4.74 Å². The van der Waals surface area contributed by atoms with Gasteiger partial charge in [0.15, 0.2) is 0 Å². The Morgan fingerprint density at radius 3 is 3.00 bits per heavy atom. The molecule has 2 unspecified atom stereocenters. The fraction of sp³-hybridized carbons (Fsp3) is 0.700. The molecule has 7 heteroatoms. The van der Waals surface area contributed by atoms with Crippen molar-refractivity contribution in [3.05, 3.63) is 16.3 Å². The van der Waals surface area contributed by atoms with E-state index in [1.165, 1.54) is 0 Å². The number of aliphatic hydroxyl groups is 1. The third-order valence-corrected chi connectivity index (χ3v) is 3.24. The second-order valence-electron chi connectivity index (χ2n) is 4.70. The van der Waals surface area contributed by atoms with Gasteiger partial charge in [-0.15, -0.1) is 5.10 Å². The Balaban J connectivity index is 2.28. The van der Waals surface area contributed by atoms with Crippen LogP contribution in [0.3, 0.4) is 0 Å². The predicted octanol–water partition coefficient (Wildman–Crippen LogP) is 0.866. The van der Waals surface area contributed by atoms with E-state index in [-0.39, 0.29) is 5.88 Å². The van der Waals surface area contributed by atoms with Crippen molar-refractivity contribution in [2.45, 2.75) is 32.5 Å². The minimum atomic E-state index is -2.61. The lowest BCUT2D eigenvalue weighted by molar-refractivity contribution is -0.386. The SMILES string of the molecule is [2H]C([2H])([2H])n1cc([N+](=O)[O-])c(OC2CC(O)C2(C)C)n1. The Labute approximate surface area is 102 Å². The molecule has 2 atom stereocenters. The largest absolute Gasteiger partial charge is 0.468 e. The Morgan fingerprint density at radius 2 is 2.53 bits per heavy atom. The highest BCUT2D eigenvalue weighted by Gasteiger charge is 2.50. The fourth-order valence-corrected chi connectivity index (χ4v) is 1.76. The monoisotopic (exact) mass is 244 g/mol. The zero-order valence-corrected chi connectivity index (χ0v) is 9.45. The van der Waals surface area contributed by atoms with Gasteiger partial charge in [-0.05, 0) is 0 Å². The van der Waals surface area contributed by atoms with Gasteiger partial charge in [0.2, 0.25) is 0 Å². The maximum absolute atomic E-state index is 10.9. The number of nitrogens with zero attached hydrogens (tertiary/aromatic N) is 3. The minimum absolute atomic E-state index is 0.324. The van der Waals surface area contributed by atoms with Crippen molar-refractivity contribution in [1.29, 1.82) is 0 Å². The van der Waals surface area contributed by atoms with E-state index in [0.29, 0.717) is 11.1 Å². The van der Waals surface area contributed by atoms with Gasteiger partial charge in [-0.2, -0.15) is 0 Å². The van der Waals surface area contributed by atoms with Gasteiger partial charge in [-0.25, -0.2) is 0 Å². The summed E-state index contributed by atoms with van der Waals surface area (Å²) in [5.41, 5.74) is -1.06. The highest BCUT2D eigenvalue weighted by atomic mass is 16.6. The van der Waals surface area contributed by atoms with Crippen molar-refractivity contribution in [2.75, 3.05) is 0 Å². The maximum Gasteiger partial charge on any atom is 0.350 e. The molecule has 1 heterocycles. The smallest absolute Gasteiger partial charge is 0.350 e. The van der Waals surface area contributed by atoms with Crippen molar-refractivity contribution in [1.82, 2.24) is 9.78 Å². The number of aromatic nitrogens is 2. The van der Waals surface area contributed by atoms with Crippen LogP contribution in [0.2, 0.25) is 0 Å². The van der Waals surface area contributed by atoms with Crippen LogP contribution in [0.5, 0.6) is 5.88 Å². The Kier molecular flexibility index (Phi) is 1.84. The van der Waals surface area contributed by atoms with Crippen LogP contribution in [0.25, 0.3) is 0 Å². The summed E-state index contributed by atoms with van der Waals surface area (Å²) in [5.74, 6) is -0.337. The van der Waals surface area contributed by atoms with Gasteiger partial charge < -0.3 is 9.84 Å². The Bertz CT molecular complexity index is 540. The molecule has 1 aromatic rings. The Morgan fingerprint density at radius 1 is 1.82 bits per heavy atom. The van der Waals surface area contributed by atoms with Crippen molar-refractivity contribution in [2.24, 2.45) is 12.4 Å². The molecule has 0 radical (unpaired) electrons. The summed E-state index contributed by atoms with van der Waals surface area (Å²) < 4.78 is 27.5. The molecule has 94 valence electrons. The fourth-order valence-electron chi connectivity index (χ4n) is 1.76. The average molecular weight is 244 g/mol. The number of hydrogen-bond acceptors (Lipinski definition) is 5. The van der Waals surface area contributed by atoms with Crippen LogP contribution in [0, 0.1) is 15.5 Å². The summed E-state index contributed by atoms with van der Waals surface area (Å²) in [5, 5.41) is 24.1. The summed E-state index contributed by atoms with van der Waals surface area (Å²) in [6.45, 7) is 0.915. The lowest BCUT2D eigenvalue weighted by atomic mass is 9.66. The second kappa shape index (κ2) is 3.69. The number of rotatable bonds is 3. The van der Waals surface area contributed by atoms with Crippen molar-refractivity contribution >= 4 is 5.69 Å².